The average molecular weight is 333 g/mol. The molecule has 2 aromatic rings. The van der Waals surface area contributed by atoms with E-state index in [0.717, 1.165) is 11.1 Å². The maximum absolute atomic E-state index is 10.8. The van der Waals surface area contributed by atoms with Gasteiger partial charge in [0.15, 0.2) is 11.5 Å². The van der Waals surface area contributed by atoms with E-state index >= 15 is 0 Å². The highest BCUT2D eigenvalue weighted by Crippen LogP contribution is 2.29. The molecule has 0 unspecified atom stereocenters. The third-order valence-corrected chi connectivity index (χ3v) is 3.33. The van der Waals surface area contributed by atoms with Gasteiger partial charge in [0.05, 0.1) is 13.3 Å². The Bertz CT molecular complexity index is 717. The van der Waals surface area contributed by atoms with Gasteiger partial charge in [0.25, 0.3) is 0 Å². The largest absolute Gasteiger partial charge is 0.493 e. The van der Waals surface area contributed by atoms with Crippen molar-refractivity contribution in [2.75, 3.05) is 7.11 Å². The van der Waals surface area contributed by atoms with Crippen LogP contribution in [0.15, 0.2) is 47.6 Å². The fourth-order valence-corrected chi connectivity index (χ4v) is 2.04. The maximum Gasteiger partial charge on any atom is 0.236 e. The van der Waals surface area contributed by atoms with Gasteiger partial charge >= 0.3 is 0 Å². The average Bonchev–Trinajstić information content (AvgIpc) is 2.54. The molecule has 0 atom stereocenters. The number of nitrogens with zero attached hydrogens (tertiary/aromatic N) is 1. The van der Waals surface area contributed by atoms with Crippen LogP contribution in [0.4, 0.5) is 0 Å². The minimum Gasteiger partial charge on any atom is -0.493 e. The van der Waals surface area contributed by atoms with Crippen LogP contribution in [0.25, 0.3) is 0 Å². The molecule has 0 bridgehead atoms. The second-order valence-corrected chi connectivity index (χ2v) is 5.12. The van der Waals surface area contributed by atoms with Gasteiger partial charge in [-0.05, 0) is 29.8 Å². The quantitative estimate of drug-likeness (QED) is 0.651. The molecule has 2 aromatic carbocycles. The summed E-state index contributed by atoms with van der Waals surface area (Å²) in [5, 5.41) is 4.47. The second-order valence-electron chi connectivity index (χ2n) is 4.72. The summed E-state index contributed by atoms with van der Waals surface area (Å²) in [6, 6.07) is 12.9. The Balaban J connectivity index is 2.09. The number of amides is 1. The van der Waals surface area contributed by atoms with Crippen molar-refractivity contribution in [2.45, 2.75) is 13.5 Å². The van der Waals surface area contributed by atoms with Crippen molar-refractivity contribution < 1.29 is 14.3 Å². The number of methoxy groups -OCH3 is 1. The van der Waals surface area contributed by atoms with E-state index in [1.807, 2.05) is 30.3 Å². The number of rotatable bonds is 6. The minimum absolute atomic E-state index is 0.229. The van der Waals surface area contributed by atoms with Gasteiger partial charge in [-0.2, -0.15) is 5.10 Å². The first-order valence-corrected chi connectivity index (χ1v) is 7.32. The molecule has 0 radical (unpaired) electrons. The summed E-state index contributed by atoms with van der Waals surface area (Å²) in [7, 11) is 1.56. The van der Waals surface area contributed by atoms with E-state index in [1.54, 1.807) is 19.2 Å². The summed E-state index contributed by atoms with van der Waals surface area (Å²) in [4.78, 5) is 10.8. The van der Waals surface area contributed by atoms with E-state index in [0.29, 0.717) is 23.1 Å². The zero-order chi connectivity index (χ0) is 16.7. The van der Waals surface area contributed by atoms with Crippen LogP contribution in [0.3, 0.4) is 0 Å². The van der Waals surface area contributed by atoms with Gasteiger partial charge < -0.3 is 9.47 Å². The predicted octanol–water partition coefficient (Wildman–Crippen LogP) is 3.40. The number of hydrazone groups is 1. The maximum atomic E-state index is 10.8. The SMILES string of the molecule is COc1cc(/C=N/NC(C)=O)ccc1OCc1ccccc1Cl. The van der Waals surface area contributed by atoms with Gasteiger partial charge in [-0.25, -0.2) is 5.43 Å². The van der Waals surface area contributed by atoms with Crippen LogP contribution in [0, 0.1) is 0 Å². The molecule has 0 aliphatic heterocycles. The molecule has 0 fully saturated rings. The summed E-state index contributed by atoms with van der Waals surface area (Å²) >= 11 is 6.11. The number of ether oxygens (including phenoxy) is 2. The molecule has 0 heterocycles. The highest BCUT2D eigenvalue weighted by Gasteiger charge is 2.07. The number of nitrogens with one attached hydrogen (secondary N) is 1. The molecule has 1 amide bonds. The van der Waals surface area contributed by atoms with Gasteiger partial charge in [0.1, 0.15) is 6.61 Å². The Kier molecular flexibility index (Phi) is 6.00. The Morgan fingerprint density at radius 3 is 2.74 bits per heavy atom. The molecule has 5 nitrogen and oxygen atoms in total. The van der Waals surface area contributed by atoms with Gasteiger partial charge in [-0.1, -0.05) is 29.8 Å². The van der Waals surface area contributed by atoms with Crippen LogP contribution in [-0.4, -0.2) is 19.2 Å². The van der Waals surface area contributed by atoms with Gasteiger partial charge in [-0.15, -0.1) is 0 Å². The number of hydrogen-bond acceptors (Lipinski definition) is 4. The monoisotopic (exact) mass is 332 g/mol. The van der Waals surface area contributed by atoms with Crippen LogP contribution >= 0.6 is 11.6 Å². The molecule has 0 saturated heterocycles. The van der Waals surface area contributed by atoms with Gasteiger partial charge in [0, 0.05) is 17.5 Å². The van der Waals surface area contributed by atoms with E-state index in [9.17, 15) is 4.79 Å². The third-order valence-electron chi connectivity index (χ3n) is 2.96. The first kappa shape index (κ1) is 16.8. The van der Waals surface area contributed by atoms with Gasteiger partial charge in [0.2, 0.25) is 5.91 Å². The number of carbonyl (C=O) groups excluding carboxylic acids is 1. The fourth-order valence-electron chi connectivity index (χ4n) is 1.85. The lowest BCUT2D eigenvalue weighted by atomic mass is 10.2. The molecular formula is C17H17ClN2O3. The number of halogens is 1. The zero-order valence-electron chi connectivity index (χ0n) is 12.9. The molecule has 0 aliphatic rings. The topological polar surface area (TPSA) is 59.9 Å². The minimum atomic E-state index is -0.229. The van der Waals surface area contributed by atoms with E-state index in [4.69, 9.17) is 21.1 Å². The Morgan fingerprint density at radius 2 is 2.04 bits per heavy atom. The number of benzene rings is 2. The summed E-state index contributed by atoms with van der Waals surface area (Å²) < 4.78 is 11.1. The van der Waals surface area contributed by atoms with Crippen molar-refractivity contribution in [2.24, 2.45) is 5.10 Å². The predicted molar refractivity (Wildman–Crippen MR) is 90.2 cm³/mol. The normalized spacial score (nSPS) is 10.6. The van der Waals surface area contributed by atoms with Crippen molar-refractivity contribution in [3.05, 3.63) is 58.6 Å². The van der Waals surface area contributed by atoms with Gasteiger partial charge in [-0.3, -0.25) is 4.79 Å². The lowest BCUT2D eigenvalue weighted by Crippen LogP contribution is -2.12. The molecule has 120 valence electrons. The van der Waals surface area contributed by atoms with E-state index in [2.05, 4.69) is 10.5 Å². The highest BCUT2D eigenvalue weighted by atomic mass is 35.5. The first-order valence-electron chi connectivity index (χ1n) is 6.94. The van der Waals surface area contributed by atoms with E-state index in [1.165, 1.54) is 13.1 Å². The van der Waals surface area contributed by atoms with Crippen LogP contribution in [0.2, 0.25) is 5.02 Å². The van der Waals surface area contributed by atoms with E-state index < -0.39 is 0 Å². The van der Waals surface area contributed by atoms with Crippen molar-refractivity contribution in [1.82, 2.24) is 5.43 Å². The molecule has 6 heteroatoms. The molecule has 0 saturated carbocycles. The lowest BCUT2D eigenvalue weighted by molar-refractivity contribution is -0.118. The fraction of sp³-hybridized carbons (Fsp3) is 0.176. The molecular weight excluding hydrogens is 316 g/mol. The van der Waals surface area contributed by atoms with Crippen LogP contribution in [0.5, 0.6) is 11.5 Å². The summed E-state index contributed by atoms with van der Waals surface area (Å²) in [6.07, 6.45) is 1.53. The Morgan fingerprint density at radius 1 is 1.26 bits per heavy atom. The van der Waals surface area contributed by atoms with Crippen LogP contribution < -0.4 is 14.9 Å². The van der Waals surface area contributed by atoms with Crippen molar-refractivity contribution in [1.29, 1.82) is 0 Å². The van der Waals surface area contributed by atoms with Crippen molar-refractivity contribution in [3.8, 4) is 11.5 Å². The Hall–Kier alpha value is -2.53. The van der Waals surface area contributed by atoms with Crippen molar-refractivity contribution >= 4 is 23.7 Å². The number of carbonyl (C=O) groups is 1. The molecule has 0 aromatic heterocycles. The third kappa shape index (κ3) is 5.00. The summed E-state index contributed by atoms with van der Waals surface area (Å²) in [5.74, 6) is 0.945. The number of hydrogen-bond donors (Lipinski definition) is 1. The van der Waals surface area contributed by atoms with Crippen LogP contribution in [0.1, 0.15) is 18.1 Å². The molecule has 1 N–H and O–H groups in total. The molecule has 0 spiro atoms. The smallest absolute Gasteiger partial charge is 0.236 e. The zero-order valence-corrected chi connectivity index (χ0v) is 13.6. The van der Waals surface area contributed by atoms with E-state index in [-0.39, 0.29) is 5.91 Å². The lowest BCUT2D eigenvalue weighted by Gasteiger charge is -2.12. The van der Waals surface area contributed by atoms with Crippen molar-refractivity contribution in [3.63, 3.8) is 0 Å². The first-order chi connectivity index (χ1) is 11.1. The van der Waals surface area contributed by atoms with Crippen LogP contribution in [-0.2, 0) is 11.4 Å². The molecule has 2 rings (SSSR count). The standard InChI is InChI=1S/C17H17ClN2O3/c1-12(21)20-19-10-13-7-8-16(17(9-13)22-2)23-11-14-5-3-4-6-15(14)18/h3-10H,11H2,1-2H3,(H,20,21)/b19-10+. The Labute approximate surface area is 139 Å². The summed E-state index contributed by atoms with van der Waals surface area (Å²) in [6.45, 7) is 1.74. The molecule has 0 aliphatic carbocycles. The highest BCUT2D eigenvalue weighted by molar-refractivity contribution is 6.31. The summed E-state index contributed by atoms with van der Waals surface area (Å²) in [5.41, 5.74) is 4.02. The molecule has 23 heavy (non-hydrogen) atoms. The second kappa shape index (κ2) is 8.19.